The first-order valence-electron chi connectivity index (χ1n) is 10.7. The largest absolute Gasteiger partial charge is 0.504 e. The Balaban J connectivity index is 1.58. The Morgan fingerprint density at radius 2 is 1.93 bits per heavy atom. The van der Waals surface area contributed by atoms with Crippen LogP contribution in [0.4, 0.5) is 0 Å². The predicted molar refractivity (Wildman–Crippen MR) is 113 cm³/mol. The Bertz CT molecular complexity index is 880. The molecule has 0 spiro atoms. The molecule has 0 aromatic heterocycles. The molecule has 2 aliphatic heterocycles. The molecule has 0 saturated carbocycles. The van der Waals surface area contributed by atoms with E-state index in [0.717, 1.165) is 44.3 Å². The fourth-order valence-electron chi connectivity index (χ4n) is 4.66. The van der Waals surface area contributed by atoms with Crippen molar-refractivity contribution in [2.45, 2.75) is 58.0 Å². The van der Waals surface area contributed by atoms with Gasteiger partial charge in [0.2, 0.25) is 0 Å². The van der Waals surface area contributed by atoms with Crippen molar-refractivity contribution in [3.8, 4) is 23.0 Å². The highest BCUT2D eigenvalue weighted by molar-refractivity contribution is 5.54. The number of unbranched alkanes of at least 4 members (excludes halogenated alkanes) is 3. The molecule has 0 radical (unpaired) electrons. The van der Waals surface area contributed by atoms with E-state index in [2.05, 4.69) is 11.8 Å². The van der Waals surface area contributed by atoms with Crippen LogP contribution in [0.25, 0.3) is 0 Å². The zero-order valence-electron chi connectivity index (χ0n) is 17.4. The molecule has 0 unspecified atom stereocenters. The van der Waals surface area contributed by atoms with Gasteiger partial charge in [0.15, 0.2) is 23.0 Å². The van der Waals surface area contributed by atoms with Crippen LogP contribution in [0.5, 0.6) is 23.0 Å². The topological polar surface area (TPSA) is 62.2 Å². The molecule has 5 heteroatoms. The third-order valence-electron chi connectivity index (χ3n) is 6.26. The van der Waals surface area contributed by atoms with Crippen LogP contribution >= 0.6 is 0 Å². The Morgan fingerprint density at radius 1 is 1.07 bits per heavy atom. The molecule has 0 saturated heterocycles. The number of rotatable bonds is 7. The van der Waals surface area contributed by atoms with Crippen LogP contribution < -0.4 is 9.47 Å². The standard InChI is InChI=1S/C24H31NO4/c1-3-4-5-6-11-29-24-19-15-25-10-9-17-13-23(28-2)22(27)14-18(17)20(25)12-16(19)7-8-21(24)26/h7-8,13-14,20,26-27H,3-6,9-12,15H2,1-2H3/t20-/m0/s1. The number of hydrogen-bond acceptors (Lipinski definition) is 5. The van der Waals surface area contributed by atoms with Crippen molar-refractivity contribution in [1.82, 2.24) is 4.90 Å². The number of fused-ring (bicyclic) bond motifs is 4. The van der Waals surface area contributed by atoms with E-state index >= 15 is 0 Å². The minimum Gasteiger partial charge on any atom is -0.504 e. The third-order valence-corrected chi connectivity index (χ3v) is 6.26. The summed E-state index contributed by atoms with van der Waals surface area (Å²) in [7, 11) is 1.59. The monoisotopic (exact) mass is 397 g/mol. The van der Waals surface area contributed by atoms with E-state index in [-0.39, 0.29) is 17.5 Å². The summed E-state index contributed by atoms with van der Waals surface area (Å²) >= 11 is 0. The number of hydrogen-bond donors (Lipinski definition) is 2. The van der Waals surface area contributed by atoms with Gasteiger partial charge in [0.05, 0.1) is 13.7 Å². The van der Waals surface area contributed by atoms with E-state index < -0.39 is 0 Å². The predicted octanol–water partition coefficient (Wildman–Crippen LogP) is 4.72. The van der Waals surface area contributed by atoms with E-state index in [9.17, 15) is 10.2 Å². The van der Waals surface area contributed by atoms with Gasteiger partial charge in [-0.1, -0.05) is 32.3 Å². The number of phenolic OH excluding ortho intramolecular Hbond substituents is 2. The van der Waals surface area contributed by atoms with Gasteiger partial charge in [0, 0.05) is 24.7 Å². The number of nitrogens with zero attached hydrogens (tertiary/aromatic N) is 1. The smallest absolute Gasteiger partial charge is 0.165 e. The molecule has 2 N–H and O–H groups in total. The summed E-state index contributed by atoms with van der Waals surface area (Å²) in [5.74, 6) is 1.62. The molecule has 2 aliphatic rings. The van der Waals surface area contributed by atoms with E-state index in [0.29, 0.717) is 18.1 Å². The molecule has 29 heavy (non-hydrogen) atoms. The molecule has 2 aromatic carbocycles. The normalized spacial score (nSPS) is 17.9. The maximum atomic E-state index is 10.4. The lowest BCUT2D eigenvalue weighted by molar-refractivity contribution is 0.155. The van der Waals surface area contributed by atoms with Gasteiger partial charge in [-0.05, 0) is 54.2 Å². The maximum Gasteiger partial charge on any atom is 0.165 e. The van der Waals surface area contributed by atoms with Gasteiger partial charge in [-0.15, -0.1) is 0 Å². The van der Waals surface area contributed by atoms with Crippen LogP contribution in [-0.4, -0.2) is 35.4 Å². The summed E-state index contributed by atoms with van der Waals surface area (Å²) in [6.45, 7) is 4.54. The second-order valence-corrected chi connectivity index (χ2v) is 8.12. The second-order valence-electron chi connectivity index (χ2n) is 8.12. The molecular formula is C24H31NO4. The lowest BCUT2D eigenvalue weighted by Gasteiger charge is -2.42. The summed E-state index contributed by atoms with van der Waals surface area (Å²) in [5.41, 5.74) is 4.75. The third kappa shape index (κ3) is 3.88. The fraction of sp³-hybridized carbons (Fsp3) is 0.500. The zero-order chi connectivity index (χ0) is 20.4. The van der Waals surface area contributed by atoms with E-state index in [4.69, 9.17) is 9.47 Å². The Labute approximate surface area is 172 Å². The van der Waals surface area contributed by atoms with Crippen LogP contribution in [0, 0.1) is 0 Å². The number of methoxy groups -OCH3 is 1. The van der Waals surface area contributed by atoms with Crippen molar-refractivity contribution >= 4 is 0 Å². The van der Waals surface area contributed by atoms with Crippen LogP contribution in [0.15, 0.2) is 24.3 Å². The van der Waals surface area contributed by atoms with Crippen molar-refractivity contribution in [2.75, 3.05) is 20.3 Å². The minimum atomic E-state index is 0.195. The van der Waals surface area contributed by atoms with Gasteiger partial charge in [0.25, 0.3) is 0 Å². The second kappa shape index (κ2) is 8.54. The highest BCUT2D eigenvalue weighted by atomic mass is 16.5. The fourth-order valence-corrected chi connectivity index (χ4v) is 4.66. The molecule has 4 rings (SSSR count). The molecule has 156 valence electrons. The van der Waals surface area contributed by atoms with Crippen LogP contribution in [0.1, 0.15) is 60.9 Å². The highest BCUT2D eigenvalue weighted by Crippen LogP contribution is 2.45. The molecule has 2 aromatic rings. The number of ether oxygens (including phenoxy) is 2. The first kappa shape index (κ1) is 19.9. The first-order valence-corrected chi connectivity index (χ1v) is 10.7. The van der Waals surface area contributed by atoms with Crippen molar-refractivity contribution in [1.29, 1.82) is 0 Å². The van der Waals surface area contributed by atoms with Gasteiger partial charge in [-0.3, -0.25) is 4.90 Å². The van der Waals surface area contributed by atoms with Gasteiger partial charge in [-0.2, -0.15) is 0 Å². The molecular weight excluding hydrogens is 366 g/mol. The summed E-state index contributed by atoms with van der Waals surface area (Å²) in [4.78, 5) is 2.43. The van der Waals surface area contributed by atoms with Gasteiger partial charge in [0.1, 0.15) is 0 Å². The molecule has 0 aliphatic carbocycles. The molecule has 5 nitrogen and oxygen atoms in total. The quantitative estimate of drug-likeness (QED) is 0.662. The Kier molecular flexibility index (Phi) is 5.86. The lowest BCUT2D eigenvalue weighted by Crippen LogP contribution is -2.39. The van der Waals surface area contributed by atoms with Crippen molar-refractivity contribution in [3.05, 3.63) is 46.5 Å². The molecule has 0 amide bonds. The maximum absolute atomic E-state index is 10.4. The van der Waals surface area contributed by atoms with Crippen LogP contribution in [-0.2, 0) is 19.4 Å². The average Bonchev–Trinajstić information content (AvgIpc) is 2.73. The van der Waals surface area contributed by atoms with Crippen LogP contribution in [0.2, 0.25) is 0 Å². The molecule has 0 fully saturated rings. The summed E-state index contributed by atoms with van der Waals surface area (Å²) in [5, 5.41) is 20.7. The summed E-state index contributed by atoms with van der Waals surface area (Å²) < 4.78 is 11.3. The van der Waals surface area contributed by atoms with Gasteiger partial charge < -0.3 is 19.7 Å². The summed E-state index contributed by atoms with van der Waals surface area (Å²) in [6.07, 6.45) is 6.35. The van der Waals surface area contributed by atoms with E-state index in [1.54, 1.807) is 13.2 Å². The Morgan fingerprint density at radius 3 is 2.72 bits per heavy atom. The van der Waals surface area contributed by atoms with Crippen molar-refractivity contribution in [3.63, 3.8) is 0 Å². The number of aromatic hydroxyl groups is 2. The van der Waals surface area contributed by atoms with Crippen molar-refractivity contribution in [2.24, 2.45) is 0 Å². The van der Waals surface area contributed by atoms with Crippen LogP contribution in [0.3, 0.4) is 0 Å². The number of benzene rings is 2. The molecule has 2 heterocycles. The van der Waals surface area contributed by atoms with E-state index in [1.807, 2.05) is 18.2 Å². The zero-order valence-corrected chi connectivity index (χ0v) is 17.4. The van der Waals surface area contributed by atoms with Crippen molar-refractivity contribution < 1.29 is 19.7 Å². The minimum absolute atomic E-state index is 0.195. The van der Waals surface area contributed by atoms with Gasteiger partial charge >= 0.3 is 0 Å². The Hall–Kier alpha value is -2.40. The first-order chi connectivity index (χ1) is 14.1. The summed E-state index contributed by atoms with van der Waals surface area (Å²) in [6, 6.07) is 7.83. The highest BCUT2D eigenvalue weighted by Gasteiger charge is 2.34. The number of phenols is 2. The van der Waals surface area contributed by atoms with E-state index in [1.165, 1.54) is 29.5 Å². The lowest BCUT2D eigenvalue weighted by atomic mass is 9.83. The average molecular weight is 398 g/mol. The molecule has 0 bridgehead atoms. The SMILES string of the molecule is CCCCCCOc1c(O)ccc2c1CN1CCc3cc(OC)c(O)cc3[C@@H]1C2. The molecule has 1 atom stereocenters. The van der Waals surface area contributed by atoms with Gasteiger partial charge in [-0.25, -0.2) is 0 Å².